The van der Waals surface area contributed by atoms with E-state index < -0.39 is 29.6 Å². The lowest BCUT2D eigenvalue weighted by molar-refractivity contribution is -0.159. The number of carbonyl (C=O) groups is 4. The molecule has 160 valence electrons. The molecule has 0 aromatic rings. The van der Waals surface area contributed by atoms with Crippen LogP contribution in [0.3, 0.4) is 0 Å². The van der Waals surface area contributed by atoms with Crippen molar-refractivity contribution in [3.05, 3.63) is 0 Å². The van der Waals surface area contributed by atoms with Crippen LogP contribution in [0.1, 0.15) is 66.2 Å². The number of rotatable bonds is 12. The summed E-state index contributed by atoms with van der Waals surface area (Å²) in [7, 11) is 0. The van der Waals surface area contributed by atoms with Crippen molar-refractivity contribution >= 4 is 24.1 Å². The summed E-state index contributed by atoms with van der Waals surface area (Å²) in [5.74, 6) is -1.51. The molecule has 8 heteroatoms. The summed E-state index contributed by atoms with van der Waals surface area (Å²) in [6.45, 7) is 7.96. The monoisotopic (exact) mass is 397 g/mol. The highest BCUT2D eigenvalue weighted by molar-refractivity contribution is 5.88. The number of nitrogens with one attached hydrogen (secondary N) is 2. The molecule has 2 amide bonds. The molecule has 0 aromatic carbocycles. The predicted octanol–water partition coefficient (Wildman–Crippen LogP) is 1.06. The highest BCUT2D eigenvalue weighted by Gasteiger charge is 2.37. The van der Waals surface area contributed by atoms with Crippen molar-refractivity contribution in [2.45, 2.75) is 83.9 Å². The molecule has 0 bridgehead atoms. The molecule has 1 rings (SSSR count). The Labute approximate surface area is 167 Å². The van der Waals surface area contributed by atoms with E-state index in [9.17, 15) is 19.2 Å². The molecule has 0 saturated carbocycles. The Hall–Kier alpha value is -1.96. The minimum atomic E-state index is -1.21. The Bertz CT molecular complexity index is 566. The first-order valence-corrected chi connectivity index (χ1v) is 10.1. The standard InChI is InChI=1S/C20H35N3O5/c1-5-6-7-15(21)19(27)28-16(10-13(2)3)18(26)23-20(4,12-24)11-14-8-9-22-17(14)25/h12-16H,5-11,21H2,1-4H3,(H,22,25)(H,23,26)/t14?,15?,16-,20?/m0/s1. The molecule has 4 atom stereocenters. The maximum Gasteiger partial charge on any atom is 0.323 e. The van der Waals surface area contributed by atoms with Crippen molar-refractivity contribution in [3.63, 3.8) is 0 Å². The van der Waals surface area contributed by atoms with Crippen LogP contribution in [0.5, 0.6) is 0 Å². The second-order valence-electron chi connectivity index (χ2n) is 8.31. The molecule has 0 radical (unpaired) electrons. The zero-order valence-corrected chi connectivity index (χ0v) is 17.5. The van der Waals surface area contributed by atoms with E-state index in [1.807, 2.05) is 20.8 Å². The minimum Gasteiger partial charge on any atom is -0.451 e. The van der Waals surface area contributed by atoms with E-state index in [0.717, 1.165) is 12.8 Å². The minimum absolute atomic E-state index is 0.0958. The van der Waals surface area contributed by atoms with Crippen molar-refractivity contribution < 1.29 is 23.9 Å². The molecular weight excluding hydrogens is 362 g/mol. The van der Waals surface area contributed by atoms with E-state index in [0.29, 0.717) is 32.1 Å². The lowest BCUT2D eigenvalue weighted by Gasteiger charge is -2.29. The summed E-state index contributed by atoms with van der Waals surface area (Å²) in [5.41, 5.74) is 4.64. The molecule has 4 N–H and O–H groups in total. The van der Waals surface area contributed by atoms with Gasteiger partial charge in [0.25, 0.3) is 5.91 Å². The van der Waals surface area contributed by atoms with E-state index in [1.54, 1.807) is 6.92 Å². The van der Waals surface area contributed by atoms with E-state index in [-0.39, 0.29) is 24.2 Å². The zero-order valence-electron chi connectivity index (χ0n) is 17.5. The third kappa shape index (κ3) is 7.58. The van der Waals surface area contributed by atoms with Crippen LogP contribution in [0, 0.1) is 11.8 Å². The number of aldehydes is 1. The van der Waals surface area contributed by atoms with E-state index >= 15 is 0 Å². The molecule has 1 saturated heterocycles. The van der Waals surface area contributed by atoms with Crippen molar-refractivity contribution in [1.82, 2.24) is 10.6 Å². The average Bonchev–Trinajstić information content (AvgIpc) is 3.02. The van der Waals surface area contributed by atoms with Gasteiger partial charge in [-0.15, -0.1) is 0 Å². The van der Waals surface area contributed by atoms with Crippen molar-refractivity contribution in [1.29, 1.82) is 0 Å². The quantitative estimate of drug-likeness (QED) is 0.334. The fourth-order valence-electron chi connectivity index (χ4n) is 3.25. The first-order chi connectivity index (χ1) is 13.1. The Morgan fingerprint density at radius 1 is 1.43 bits per heavy atom. The van der Waals surface area contributed by atoms with Crippen LogP contribution in [0.4, 0.5) is 0 Å². The Kier molecular flexibility index (Phi) is 9.58. The molecule has 1 heterocycles. The molecule has 28 heavy (non-hydrogen) atoms. The second-order valence-corrected chi connectivity index (χ2v) is 8.31. The van der Waals surface area contributed by atoms with E-state index in [4.69, 9.17) is 10.5 Å². The molecular formula is C20H35N3O5. The number of amides is 2. The van der Waals surface area contributed by atoms with Gasteiger partial charge in [-0.3, -0.25) is 14.4 Å². The van der Waals surface area contributed by atoms with Gasteiger partial charge in [-0.05, 0) is 38.5 Å². The third-order valence-electron chi connectivity index (χ3n) is 4.91. The molecule has 8 nitrogen and oxygen atoms in total. The largest absolute Gasteiger partial charge is 0.451 e. The topological polar surface area (TPSA) is 128 Å². The summed E-state index contributed by atoms with van der Waals surface area (Å²) in [5, 5.41) is 5.40. The van der Waals surface area contributed by atoms with Crippen LogP contribution >= 0.6 is 0 Å². The maximum atomic E-state index is 12.8. The van der Waals surface area contributed by atoms with Crippen molar-refractivity contribution in [2.24, 2.45) is 17.6 Å². The van der Waals surface area contributed by atoms with Crippen LogP contribution in [0.2, 0.25) is 0 Å². The van der Waals surface area contributed by atoms with Gasteiger partial charge in [-0.25, -0.2) is 0 Å². The number of carbonyl (C=O) groups excluding carboxylic acids is 4. The lowest BCUT2D eigenvalue weighted by Crippen LogP contribution is -2.53. The number of unbranched alkanes of at least 4 members (excludes halogenated alkanes) is 1. The highest BCUT2D eigenvalue weighted by Crippen LogP contribution is 2.22. The van der Waals surface area contributed by atoms with Crippen LogP contribution < -0.4 is 16.4 Å². The second kappa shape index (κ2) is 11.1. The summed E-state index contributed by atoms with van der Waals surface area (Å²) in [6, 6.07) is -0.776. The van der Waals surface area contributed by atoms with E-state index in [2.05, 4.69) is 10.6 Å². The lowest BCUT2D eigenvalue weighted by atomic mass is 9.88. The Morgan fingerprint density at radius 2 is 2.11 bits per heavy atom. The number of esters is 1. The molecule has 3 unspecified atom stereocenters. The van der Waals surface area contributed by atoms with Gasteiger partial charge < -0.3 is 25.9 Å². The van der Waals surface area contributed by atoms with Gasteiger partial charge in [-0.2, -0.15) is 0 Å². The highest BCUT2D eigenvalue weighted by atomic mass is 16.5. The Morgan fingerprint density at radius 3 is 2.61 bits per heavy atom. The van der Waals surface area contributed by atoms with Crippen molar-refractivity contribution in [3.8, 4) is 0 Å². The predicted molar refractivity (Wildman–Crippen MR) is 105 cm³/mol. The first kappa shape index (κ1) is 24.1. The van der Waals surface area contributed by atoms with Gasteiger partial charge in [0, 0.05) is 12.5 Å². The van der Waals surface area contributed by atoms with Gasteiger partial charge in [-0.1, -0.05) is 33.6 Å². The average molecular weight is 398 g/mol. The molecule has 0 spiro atoms. The van der Waals surface area contributed by atoms with E-state index in [1.165, 1.54) is 0 Å². The smallest absolute Gasteiger partial charge is 0.323 e. The number of hydrogen-bond donors (Lipinski definition) is 3. The zero-order chi connectivity index (χ0) is 21.3. The molecule has 0 aromatic heterocycles. The SMILES string of the molecule is CCCCC(N)C(=O)O[C@@H](CC(C)C)C(=O)NC(C)(C=O)CC1CCNC1=O. The fraction of sp³-hybridized carbons (Fsp3) is 0.800. The van der Waals surface area contributed by atoms with Crippen LogP contribution in [0.25, 0.3) is 0 Å². The fourth-order valence-corrected chi connectivity index (χ4v) is 3.25. The molecule has 1 fully saturated rings. The van der Waals surface area contributed by atoms with Gasteiger partial charge in [0.2, 0.25) is 5.91 Å². The van der Waals surface area contributed by atoms with Gasteiger partial charge in [0.1, 0.15) is 12.3 Å². The number of hydrogen-bond acceptors (Lipinski definition) is 6. The van der Waals surface area contributed by atoms with Crippen molar-refractivity contribution in [2.75, 3.05) is 6.54 Å². The summed E-state index contributed by atoms with van der Waals surface area (Å²) >= 11 is 0. The van der Waals surface area contributed by atoms with Crippen LogP contribution in [0.15, 0.2) is 0 Å². The summed E-state index contributed by atoms with van der Waals surface area (Å²) in [4.78, 5) is 48.5. The summed E-state index contributed by atoms with van der Waals surface area (Å²) in [6.07, 6.45) is 2.94. The number of nitrogens with two attached hydrogens (primary N) is 1. The normalized spacial score (nSPS) is 20.8. The molecule has 1 aliphatic rings. The van der Waals surface area contributed by atoms with Gasteiger partial charge in [0.15, 0.2) is 6.10 Å². The van der Waals surface area contributed by atoms with Crippen LogP contribution in [-0.4, -0.2) is 48.3 Å². The van der Waals surface area contributed by atoms with Crippen LogP contribution in [-0.2, 0) is 23.9 Å². The number of ether oxygens (including phenoxy) is 1. The summed E-state index contributed by atoms with van der Waals surface area (Å²) < 4.78 is 5.39. The third-order valence-corrected chi connectivity index (χ3v) is 4.91. The maximum absolute atomic E-state index is 12.8. The van der Waals surface area contributed by atoms with Gasteiger partial charge >= 0.3 is 5.97 Å². The van der Waals surface area contributed by atoms with Gasteiger partial charge in [0.05, 0.1) is 5.54 Å². The Balaban J connectivity index is 2.79. The molecule has 0 aliphatic carbocycles. The first-order valence-electron chi connectivity index (χ1n) is 10.1. The molecule has 1 aliphatic heterocycles.